The molecule has 0 aromatic heterocycles. The maximum Gasteiger partial charge on any atom is 0.0593 e. The molecule has 0 aliphatic carbocycles. The summed E-state index contributed by atoms with van der Waals surface area (Å²) in [5.41, 5.74) is 0.207. The van der Waals surface area contributed by atoms with Crippen LogP contribution in [0.15, 0.2) is 0 Å². The van der Waals surface area contributed by atoms with Gasteiger partial charge < -0.3 is 5.11 Å². The molecule has 0 heterocycles. The van der Waals surface area contributed by atoms with Gasteiger partial charge in [-0.05, 0) is 31.1 Å². The lowest BCUT2D eigenvalue weighted by molar-refractivity contribution is -0.00299. The molecule has 0 amide bonds. The zero-order valence-electron chi connectivity index (χ0n) is 17.5. The summed E-state index contributed by atoms with van der Waals surface area (Å²) in [5, 5.41) is 10.8. The van der Waals surface area contributed by atoms with Gasteiger partial charge in [-0.2, -0.15) is 0 Å². The largest absolute Gasteiger partial charge is 0.393 e. The van der Waals surface area contributed by atoms with Crippen LogP contribution in [0.5, 0.6) is 0 Å². The van der Waals surface area contributed by atoms with Gasteiger partial charge >= 0.3 is 0 Å². The molecule has 1 atom stereocenters. The fraction of sp³-hybridized carbons (Fsp3) is 1.00. The average Bonchev–Trinajstić information content (AvgIpc) is 2.60. The Morgan fingerprint density at radius 3 is 1.33 bits per heavy atom. The molecular formula is C23H48O. The van der Waals surface area contributed by atoms with E-state index < -0.39 is 0 Å². The van der Waals surface area contributed by atoms with E-state index in [0.29, 0.717) is 0 Å². The number of rotatable bonds is 18. The molecule has 0 aliphatic heterocycles. The van der Waals surface area contributed by atoms with Crippen molar-refractivity contribution in [2.75, 3.05) is 0 Å². The standard InChI is InChI=1S/C23H48O/c1-5-9-11-13-15-17-20-23(19-7-3,22(24)8-4)21-18-16-14-12-10-6-2/h22,24H,5-21H2,1-4H3. The molecule has 0 fully saturated rings. The Balaban J connectivity index is 4.35. The highest BCUT2D eigenvalue weighted by Gasteiger charge is 2.34. The zero-order chi connectivity index (χ0) is 18.1. The summed E-state index contributed by atoms with van der Waals surface area (Å²) in [6.07, 6.45) is 22.1. The smallest absolute Gasteiger partial charge is 0.0593 e. The van der Waals surface area contributed by atoms with E-state index in [4.69, 9.17) is 0 Å². The maximum absolute atomic E-state index is 10.8. The molecule has 1 heteroatoms. The lowest BCUT2D eigenvalue weighted by atomic mass is 9.69. The molecule has 1 nitrogen and oxygen atoms in total. The Morgan fingerprint density at radius 1 is 0.542 bits per heavy atom. The van der Waals surface area contributed by atoms with Crippen LogP contribution in [0.25, 0.3) is 0 Å². The highest BCUT2D eigenvalue weighted by Crippen LogP contribution is 2.41. The van der Waals surface area contributed by atoms with Gasteiger partial charge in [-0.25, -0.2) is 0 Å². The van der Waals surface area contributed by atoms with E-state index in [1.54, 1.807) is 0 Å². The van der Waals surface area contributed by atoms with Gasteiger partial charge in [0.05, 0.1) is 6.10 Å². The molecule has 1 N–H and O–H groups in total. The summed E-state index contributed by atoms with van der Waals surface area (Å²) in [4.78, 5) is 0. The summed E-state index contributed by atoms with van der Waals surface area (Å²) < 4.78 is 0. The van der Waals surface area contributed by atoms with Crippen LogP contribution < -0.4 is 0 Å². The summed E-state index contributed by atoms with van der Waals surface area (Å²) >= 11 is 0. The number of aliphatic hydroxyl groups excluding tert-OH is 1. The van der Waals surface area contributed by atoms with Crippen LogP contribution in [0.4, 0.5) is 0 Å². The fourth-order valence-corrected chi connectivity index (χ4v) is 4.32. The topological polar surface area (TPSA) is 20.2 Å². The van der Waals surface area contributed by atoms with E-state index in [9.17, 15) is 5.11 Å². The van der Waals surface area contributed by atoms with Gasteiger partial charge in [-0.1, -0.05) is 111 Å². The Labute approximate surface area is 154 Å². The van der Waals surface area contributed by atoms with E-state index >= 15 is 0 Å². The normalized spacial score (nSPS) is 13.4. The van der Waals surface area contributed by atoms with E-state index in [2.05, 4.69) is 27.7 Å². The Hall–Kier alpha value is -0.0400. The maximum atomic E-state index is 10.8. The highest BCUT2D eigenvalue weighted by atomic mass is 16.3. The number of unbranched alkanes of at least 4 members (excludes halogenated alkanes) is 10. The summed E-state index contributed by atoms with van der Waals surface area (Å²) in [7, 11) is 0. The zero-order valence-corrected chi connectivity index (χ0v) is 17.5. The second-order valence-electron chi connectivity index (χ2n) is 8.07. The number of hydrogen-bond acceptors (Lipinski definition) is 1. The predicted octanol–water partition coefficient (Wildman–Crippen LogP) is 8.05. The van der Waals surface area contributed by atoms with Crippen LogP contribution in [0.3, 0.4) is 0 Å². The van der Waals surface area contributed by atoms with Crippen molar-refractivity contribution in [2.24, 2.45) is 5.41 Å². The molecule has 0 aromatic carbocycles. The molecule has 0 aliphatic rings. The second kappa shape index (κ2) is 16.4. The highest BCUT2D eigenvalue weighted by molar-refractivity contribution is 4.86. The summed E-state index contributed by atoms with van der Waals surface area (Å²) in [6.45, 7) is 9.02. The third-order valence-corrected chi connectivity index (χ3v) is 5.90. The first-order valence-corrected chi connectivity index (χ1v) is 11.3. The molecule has 0 spiro atoms. The van der Waals surface area contributed by atoms with E-state index in [1.165, 1.54) is 103 Å². The Morgan fingerprint density at radius 2 is 0.958 bits per heavy atom. The molecule has 0 saturated carbocycles. The molecular weight excluding hydrogens is 292 g/mol. The lowest BCUT2D eigenvalue weighted by Crippen LogP contribution is -2.35. The average molecular weight is 341 g/mol. The van der Waals surface area contributed by atoms with Crippen molar-refractivity contribution in [1.82, 2.24) is 0 Å². The third-order valence-electron chi connectivity index (χ3n) is 5.90. The number of aliphatic hydroxyl groups is 1. The lowest BCUT2D eigenvalue weighted by Gasteiger charge is -2.38. The van der Waals surface area contributed by atoms with Gasteiger partial charge in [-0.15, -0.1) is 0 Å². The predicted molar refractivity (Wildman–Crippen MR) is 110 cm³/mol. The van der Waals surface area contributed by atoms with E-state index in [1.807, 2.05) is 0 Å². The summed E-state index contributed by atoms with van der Waals surface area (Å²) in [6, 6.07) is 0. The Bertz CT molecular complexity index is 232. The quantitative estimate of drug-likeness (QED) is 0.250. The van der Waals surface area contributed by atoms with Crippen LogP contribution in [0.1, 0.15) is 137 Å². The van der Waals surface area contributed by atoms with Crippen molar-refractivity contribution in [1.29, 1.82) is 0 Å². The minimum absolute atomic E-state index is 0.0938. The molecule has 0 bridgehead atoms. The molecule has 24 heavy (non-hydrogen) atoms. The third kappa shape index (κ3) is 10.7. The minimum atomic E-state index is -0.0938. The van der Waals surface area contributed by atoms with Gasteiger partial charge in [0.15, 0.2) is 0 Å². The van der Waals surface area contributed by atoms with Crippen LogP contribution in [0.2, 0.25) is 0 Å². The molecule has 0 rings (SSSR count). The van der Waals surface area contributed by atoms with Gasteiger partial charge in [0, 0.05) is 0 Å². The van der Waals surface area contributed by atoms with Gasteiger partial charge in [0.25, 0.3) is 0 Å². The molecule has 146 valence electrons. The van der Waals surface area contributed by atoms with Crippen molar-refractivity contribution in [3.05, 3.63) is 0 Å². The van der Waals surface area contributed by atoms with E-state index in [0.717, 1.165) is 6.42 Å². The first-order valence-electron chi connectivity index (χ1n) is 11.3. The van der Waals surface area contributed by atoms with Crippen LogP contribution in [0, 0.1) is 5.41 Å². The minimum Gasteiger partial charge on any atom is -0.393 e. The molecule has 0 radical (unpaired) electrons. The molecule has 0 aromatic rings. The van der Waals surface area contributed by atoms with Crippen LogP contribution >= 0.6 is 0 Å². The molecule has 0 saturated heterocycles. The van der Waals surface area contributed by atoms with Crippen LogP contribution in [-0.4, -0.2) is 11.2 Å². The van der Waals surface area contributed by atoms with Gasteiger partial charge in [0.1, 0.15) is 0 Å². The fourth-order valence-electron chi connectivity index (χ4n) is 4.32. The van der Waals surface area contributed by atoms with Crippen molar-refractivity contribution in [3.8, 4) is 0 Å². The van der Waals surface area contributed by atoms with Crippen molar-refractivity contribution < 1.29 is 5.11 Å². The van der Waals surface area contributed by atoms with Crippen molar-refractivity contribution in [2.45, 2.75) is 143 Å². The SMILES string of the molecule is CCCCCCCCC(CCC)(CCCCCCCC)C(O)CC. The van der Waals surface area contributed by atoms with Gasteiger partial charge in [0.2, 0.25) is 0 Å². The van der Waals surface area contributed by atoms with Crippen molar-refractivity contribution in [3.63, 3.8) is 0 Å². The van der Waals surface area contributed by atoms with Gasteiger partial charge in [-0.3, -0.25) is 0 Å². The summed E-state index contributed by atoms with van der Waals surface area (Å²) in [5.74, 6) is 0. The van der Waals surface area contributed by atoms with Crippen LogP contribution in [-0.2, 0) is 0 Å². The van der Waals surface area contributed by atoms with E-state index in [-0.39, 0.29) is 11.5 Å². The Kier molecular flexibility index (Phi) is 16.4. The molecule has 1 unspecified atom stereocenters. The second-order valence-corrected chi connectivity index (χ2v) is 8.07. The first kappa shape index (κ1) is 24.0. The first-order chi connectivity index (χ1) is 11.7. The number of hydrogen-bond donors (Lipinski definition) is 1. The van der Waals surface area contributed by atoms with Crippen molar-refractivity contribution >= 4 is 0 Å². The monoisotopic (exact) mass is 340 g/mol.